The van der Waals surface area contributed by atoms with Gasteiger partial charge in [0.05, 0.1) is 11.1 Å². The Morgan fingerprint density at radius 3 is 1.13 bits per heavy atom. The lowest BCUT2D eigenvalue weighted by Crippen LogP contribution is -2.17. The second kappa shape index (κ2) is 8.73. The molecule has 0 fully saturated rings. The Hall–Kier alpha value is -3.10. The SMILES string of the molecule is O=C(O)c1cc(C(=O)O)c(C(=O)c2ccc(Br)cc2)cc1C(=O)c1ccc(Br)cc1. The molecule has 0 aliphatic heterocycles. The van der Waals surface area contributed by atoms with Crippen molar-refractivity contribution in [2.75, 3.05) is 0 Å². The molecule has 0 atom stereocenters. The number of ketones is 2. The van der Waals surface area contributed by atoms with Gasteiger partial charge in [-0.2, -0.15) is 0 Å². The number of rotatable bonds is 6. The minimum Gasteiger partial charge on any atom is -0.478 e. The van der Waals surface area contributed by atoms with Crippen LogP contribution in [-0.2, 0) is 0 Å². The van der Waals surface area contributed by atoms with Gasteiger partial charge < -0.3 is 10.2 Å². The Balaban J connectivity index is 2.22. The number of benzene rings is 3. The largest absolute Gasteiger partial charge is 0.478 e. The van der Waals surface area contributed by atoms with Crippen LogP contribution in [0, 0.1) is 0 Å². The van der Waals surface area contributed by atoms with E-state index in [1.54, 1.807) is 24.3 Å². The highest BCUT2D eigenvalue weighted by molar-refractivity contribution is 9.10. The summed E-state index contributed by atoms with van der Waals surface area (Å²) in [6.45, 7) is 0. The maximum absolute atomic E-state index is 13.0. The Bertz CT molecular complexity index is 1090. The molecule has 3 aromatic carbocycles. The molecule has 3 aromatic rings. The zero-order valence-electron chi connectivity index (χ0n) is 15.1. The number of carbonyl (C=O) groups excluding carboxylic acids is 2. The fraction of sp³-hybridized carbons (Fsp3) is 0. The normalized spacial score (nSPS) is 10.5. The molecule has 0 saturated carbocycles. The van der Waals surface area contributed by atoms with Crippen molar-refractivity contribution in [3.63, 3.8) is 0 Å². The molecule has 0 heterocycles. The zero-order valence-corrected chi connectivity index (χ0v) is 18.2. The van der Waals surface area contributed by atoms with Gasteiger partial charge in [0.25, 0.3) is 0 Å². The Kier molecular flexibility index (Phi) is 6.28. The first-order valence-corrected chi connectivity index (χ1v) is 10.0. The molecule has 0 aliphatic rings. The molecule has 0 bridgehead atoms. The number of carbonyl (C=O) groups is 4. The molecule has 2 N–H and O–H groups in total. The second-order valence-corrected chi connectivity index (χ2v) is 8.06. The number of carboxylic acid groups (broad SMARTS) is 2. The van der Waals surface area contributed by atoms with Crippen LogP contribution in [0.4, 0.5) is 0 Å². The van der Waals surface area contributed by atoms with E-state index in [0.717, 1.165) is 21.1 Å². The average Bonchev–Trinajstić information content (AvgIpc) is 2.72. The summed E-state index contributed by atoms with van der Waals surface area (Å²) in [6, 6.07) is 14.4. The van der Waals surface area contributed by atoms with Crippen molar-refractivity contribution in [3.05, 3.63) is 103 Å². The van der Waals surface area contributed by atoms with Crippen molar-refractivity contribution in [3.8, 4) is 0 Å². The molecule has 8 heteroatoms. The number of aromatic carboxylic acids is 2. The standard InChI is InChI=1S/C22H12Br2O6/c23-13-5-1-11(2-6-13)19(25)15-9-16(18(22(29)30)10-17(15)21(27)28)20(26)12-3-7-14(24)8-4-12/h1-10H,(H,27,28)(H,29,30). The van der Waals surface area contributed by atoms with Crippen LogP contribution in [0.15, 0.2) is 69.6 Å². The van der Waals surface area contributed by atoms with Crippen LogP contribution in [0.2, 0.25) is 0 Å². The lowest BCUT2D eigenvalue weighted by Gasteiger charge is -2.12. The first-order valence-electron chi connectivity index (χ1n) is 8.44. The van der Waals surface area contributed by atoms with Gasteiger partial charge >= 0.3 is 11.9 Å². The monoisotopic (exact) mass is 530 g/mol. The van der Waals surface area contributed by atoms with Crippen LogP contribution in [0.1, 0.15) is 52.6 Å². The smallest absolute Gasteiger partial charge is 0.336 e. The molecular weight excluding hydrogens is 520 g/mol. The van der Waals surface area contributed by atoms with Crippen LogP contribution < -0.4 is 0 Å². The summed E-state index contributed by atoms with van der Waals surface area (Å²) in [7, 11) is 0. The highest BCUT2D eigenvalue weighted by Gasteiger charge is 2.26. The maximum atomic E-state index is 13.0. The topological polar surface area (TPSA) is 109 Å². The van der Waals surface area contributed by atoms with Crippen molar-refractivity contribution in [2.24, 2.45) is 0 Å². The molecule has 0 spiro atoms. The Morgan fingerprint density at radius 1 is 0.533 bits per heavy atom. The van der Waals surface area contributed by atoms with Gasteiger partial charge in [0, 0.05) is 31.2 Å². The van der Waals surface area contributed by atoms with Crippen LogP contribution in [0.5, 0.6) is 0 Å². The van der Waals surface area contributed by atoms with E-state index in [4.69, 9.17) is 0 Å². The lowest BCUT2D eigenvalue weighted by molar-refractivity contribution is 0.0690. The number of hydrogen-bond donors (Lipinski definition) is 2. The summed E-state index contributed by atoms with van der Waals surface area (Å²) >= 11 is 6.51. The maximum Gasteiger partial charge on any atom is 0.336 e. The first-order chi connectivity index (χ1) is 14.2. The highest BCUT2D eigenvalue weighted by atomic mass is 79.9. The van der Waals surface area contributed by atoms with Crippen LogP contribution in [0.25, 0.3) is 0 Å². The van der Waals surface area contributed by atoms with Gasteiger partial charge in [-0.25, -0.2) is 9.59 Å². The van der Waals surface area contributed by atoms with E-state index in [1.807, 2.05) is 0 Å². The predicted molar refractivity (Wildman–Crippen MR) is 116 cm³/mol. The summed E-state index contributed by atoms with van der Waals surface area (Å²) in [4.78, 5) is 49.4. The molecule has 30 heavy (non-hydrogen) atoms. The van der Waals surface area contributed by atoms with Crippen LogP contribution >= 0.6 is 31.9 Å². The highest BCUT2D eigenvalue weighted by Crippen LogP contribution is 2.25. The fourth-order valence-electron chi connectivity index (χ4n) is 2.84. The van der Waals surface area contributed by atoms with E-state index in [1.165, 1.54) is 24.3 Å². The van der Waals surface area contributed by atoms with E-state index < -0.39 is 34.6 Å². The van der Waals surface area contributed by atoms with Gasteiger partial charge in [-0.1, -0.05) is 31.9 Å². The van der Waals surface area contributed by atoms with E-state index in [-0.39, 0.29) is 22.3 Å². The molecular formula is C22H12Br2O6. The minimum atomic E-state index is -1.47. The van der Waals surface area contributed by atoms with Crippen molar-refractivity contribution in [1.29, 1.82) is 0 Å². The minimum absolute atomic E-state index is 0.200. The van der Waals surface area contributed by atoms with Gasteiger partial charge in [-0.15, -0.1) is 0 Å². The molecule has 0 aliphatic carbocycles. The summed E-state index contributed by atoms with van der Waals surface area (Å²) in [6.07, 6.45) is 0. The summed E-state index contributed by atoms with van der Waals surface area (Å²) in [5.74, 6) is -4.22. The van der Waals surface area contributed by atoms with Gasteiger partial charge in [0.1, 0.15) is 0 Å². The van der Waals surface area contributed by atoms with Crippen LogP contribution in [-0.4, -0.2) is 33.7 Å². The van der Waals surface area contributed by atoms with Crippen molar-refractivity contribution < 1.29 is 29.4 Å². The molecule has 150 valence electrons. The number of carboxylic acids is 2. The second-order valence-electron chi connectivity index (χ2n) is 6.23. The van der Waals surface area contributed by atoms with E-state index in [2.05, 4.69) is 31.9 Å². The third-order valence-corrected chi connectivity index (χ3v) is 5.38. The molecule has 6 nitrogen and oxygen atoms in total. The zero-order chi connectivity index (χ0) is 22.0. The molecule has 0 aromatic heterocycles. The third-order valence-electron chi connectivity index (χ3n) is 4.32. The van der Waals surface area contributed by atoms with Crippen molar-refractivity contribution in [2.45, 2.75) is 0 Å². The first kappa shape index (κ1) is 21.6. The van der Waals surface area contributed by atoms with Gasteiger partial charge in [-0.05, 0) is 60.7 Å². The Labute approximate surface area is 187 Å². The third kappa shape index (κ3) is 4.39. The van der Waals surface area contributed by atoms with E-state index >= 15 is 0 Å². The average molecular weight is 532 g/mol. The molecule has 3 rings (SSSR count). The van der Waals surface area contributed by atoms with E-state index in [0.29, 0.717) is 0 Å². The number of hydrogen-bond acceptors (Lipinski definition) is 4. The summed E-state index contributed by atoms with van der Waals surface area (Å²) in [5.41, 5.74) is -1.12. The van der Waals surface area contributed by atoms with Gasteiger partial charge in [0.15, 0.2) is 11.6 Å². The molecule has 0 saturated heterocycles. The predicted octanol–water partition coefficient (Wildman–Crippen LogP) is 5.07. The lowest BCUT2D eigenvalue weighted by atomic mass is 9.90. The Morgan fingerprint density at radius 2 is 0.833 bits per heavy atom. The van der Waals surface area contributed by atoms with Gasteiger partial charge in [0.2, 0.25) is 0 Å². The van der Waals surface area contributed by atoms with E-state index in [9.17, 15) is 29.4 Å². The molecule has 0 radical (unpaired) electrons. The number of halogens is 2. The fourth-order valence-corrected chi connectivity index (χ4v) is 3.37. The molecule has 0 amide bonds. The summed E-state index contributed by atoms with van der Waals surface area (Å²) < 4.78 is 1.45. The van der Waals surface area contributed by atoms with Crippen molar-refractivity contribution >= 4 is 55.4 Å². The quantitative estimate of drug-likeness (QED) is 0.430. The van der Waals surface area contributed by atoms with Gasteiger partial charge in [-0.3, -0.25) is 9.59 Å². The van der Waals surface area contributed by atoms with Crippen molar-refractivity contribution in [1.82, 2.24) is 0 Å². The van der Waals surface area contributed by atoms with Crippen LogP contribution in [0.3, 0.4) is 0 Å². The molecule has 0 unspecified atom stereocenters. The summed E-state index contributed by atoms with van der Waals surface area (Å²) in [5, 5.41) is 19.1.